The fraction of sp³-hybridized carbons (Fsp3) is 1.00. The van der Waals surface area contributed by atoms with E-state index < -0.39 is 16.9 Å². The van der Waals surface area contributed by atoms with Gasteiger partial charge in [-0.1, -0.05) is 12.8 Å². The molecule has 1 aliphatic heterocycles. The number of β-amino-alcohol motifs (C(OH)–C–C–N with tert-alkyl or cyclic N) is 1. The second kappa shape index (κ2) is 6.83. The molecule has 2 atom stereocenters. The Kier molecular flexibility index (Phi) is 5.41. The fourth-order valence-corrected chi connectivity index (χ4v) is 4.34. The summed E-state index contributed by atoms with van der Waals surface area (Å²) >= 11 is 0. The van der Waals surface area contributed by atoms with E-state index in [1.165, 1.54) is 12.8 Å². The largest absolute Gasteiger partial charge is 0.391 e. The van der Waals surface area contributed by atoms with Gasteiger partial charge in [-0.2, -0.15) is 0 Å². The first-order valence-corrected chi connectivity index (χ1v) is 8.12. The van der Waals surface area contributed by atoms with Crippen molar-refractivity contribution in [2.45, 2.75) is 37.0 Å². The average molecular weight is 260 g/mol. The Morgan fingerprint density at radius 3 is 2.59 bits per heavy atom. The van der Waals surface area contributed by atoms with Gasteiger partial charge in [0.05, 0.1) is 11.9 Å². The van der Waals surface area contributed by atoms with Crippen LogP contribution in [-0.4, -0.2) is 64.0 Å². The third-order valence-corrected chi connectivity index (χ3v) is 5.64. The van der Waals surface area contributed by atoms with Crippen molar-refractivity contribution in [2.75, 3.05) is 38.5 Å². The molecule has 2 fully saturated rings. The molecule has 2 rings (SSSR count). The minimum Gasteiger partial charge on any atom is -0.391 e. The summed E-state index contributed by atoms with van der Waals surface area (Å²) in [5.74, 6) is 0.467. The Hall–Kier alpha value is 0.0300. The summed E-state index contributed by atoms with van der Waals surface area (Å²) in [7, 11) is -0.822. The SMILES string of the molecule is O=S(CC(O)CN1CCNCC1)C1CCCC1. The molecular formula is C12H24N2O2S. The zero-order valence-corrected chi connectivity index (χ0v) is 11.3. The van der Waals surface area contributed by atoms with Crippen LogP contribution in [0.4, 0.5) is 0 Å². The lowest BCUT2D eigenvalue weighted by molar-refractivity contribution is 0.121. The predicted octanol–water partition coefficient (Wildman–Crippen LogP) is -0.0562. The van der Waals surface area contributed by atoms with Gasteiger partial charge in [0.25, 0.3) is 0 Å². The summed E-state index contributed by atoms with van der Waals surface area (Å²) < 4.78 is 12.0. The van der Waals surface area contributed by atoms with Crippen LogP contribution in [0.5, 0.6) is 0 Å². The van der Waals surface area contributed by atoms with Gasteiger partial charge in [-0.3, -0.25) is 9.11 Å². The zero-order chi connectivity index (χ0) is 12.1. The predicted molar refractivity (Wildman–Crippen MR) is 70.6 cm³/mol. The lowest BCUT2D eigenvalue weighted by atomic mass is 10.3. The molecule has 2 unspecified atom stereocenters. The first-order valence-electron chi connectivity index (χ1n) is 6.74. The average Bonchev–Trinajstić information content (AvgIpc) is 2.83. The molecule has 0 bridgehead atoms. The third-order valence-electron chi connectivity index (χ3n) is 3.71. The second-order valence-corrected chi connectivity index (χ2v) is 6.92. The van der Waals surface area contributed by atoms with Crippen LogP contribution < -0.4 is 5.32 Å². The van der Waals surface area contributed by atoms with Gasteiger partial charge in [-0.05, 0) is 12.8 Å². The maximum Gasteiger partial charge on any atom is 0.0782 e. The van der Waals surface area contributed by atoms with Crippen LogP contribution in [0.15, 0.2) is 0 Å². The van der Waals surface area contributed by atoms with Crippen LogP contribution in [0, 0.1) is 0 Å². The van der Waals surface area contributed by atoms with E-state index in [1.54, 1.807) is 0 Å². The summed E-state index contributed by atoms with van der Waals surface area (Å²) in [5, 5.41) is 13.6. The van der Waals surface area contributed by atoms with Crippen molar-refractivity contribution < 1.29 is 9.32 Å². The molecule has 1 saturated carbocycles. The number of aliphatic hydroxyl groups excluding tert-OH is 1. The number of hydrogen-bond acceptors (Lipinski definition) is 4. The number of nitrogens with zero attached hydrogens (tertiary/aromatic N) is 1. The van der Waals surface area contributed by atoms with E-state index in [1.807, 2.05) is 0 Å². The van der Waals surface area contributed by atoms with E-state index >= 15 is 0 Å². The lowest BCUT2D eigenvalue weighted by Crippen LogP contribution is -2.47. The number of hydrogen-bond donors (Lipinski definition) is 2. The minimum absolute atomic E-state index is 0.354. The van der Waals surface area contributed by atoms with E-state index in [0.29, 0.717) is 17.5 Å². The number of rotatable bonds is 5. The Morgan fingerprint density at radius 1 is 1.29 bits per heavy atom. The highest BCUT2D eigenvalue weighted by molar-refractivity contribution is 7.85. The molecule has 0 aromatic carbocycles. The van der Waals surface area contributed by atoms with Gasteiger partial charge in [0.1, 0.15) is 0 Å². The van der Waals surface area contributed by atoms with Crippen molar-refractivity contribution >= 4 is 10.8 Å². The molecule has 2 N–H and O–H groups in total. The maximum absolute atomic E-state index is 12.0. The minimum atomic E-state index is -0.822. The summed E-state index contributed by atoms with van der Waals surface area (Å²) in [4.78, 5) is 2.26. The standard InChI is InChI=1S/C12H24N2O2S/c15-11(9-14-7-5-13-6-8-14)10-17(16)12-3-1-2-4-12/h11-13,15H,1-10H2. The first-order chi connectivity index (χ1) is 8.25. The molecule has 5 heteroatoms. The van der Waals surface area contributed by atoms with Crippen molar-refractivity contribution in [3.63, 3.8) is 0 Å². The molecule has 1 aliphatic carbocycles. The summed E-state index contributed by atoms with van der Waals surface area (Å²) in [6, 6.07) is 0. The molecule has 0 amide bonds. The lowest BCUT2D eigenvalue weighted by Gasteiger charge is -2.29. The van der Waals surface area contributed by atoms with E-state index in [0.717, 1.165) is 39.0 Å². The van der Waals surface area contributed by atoms with Crippen LogP contribution in [0.2, 0.25) is 0 Å². The van der Waals surface area contributed by atoms with Crippen molar-refractivity contribution in [1.82, 2.24) is 10.2 Å². The van der Waals surface area contributed by atoms with Gasteiger partial charge >= 0.3 is 0 Å². The molecule has 0 radical (unpaired) electrons. The van der Waals surface area contributed by atoms with E-state index in [4.69, 9.17) is 0 Å². The number of aliphatic hydroxyl groups is 1. The highest BCUT2D eigenvalue weighted by atomic mass is 32.2. The first kappa shape index (κ1) is 13.5. The fourth-order valence-electron chi connectivity index (χ4n) is 2.72. The number of nitrogens with one attached hydrogen (secondary N) is 1. The molecule has 100 valence electrons. The molecule has 4 nitrogen and oxygen atoms in total. The van der Waals surface area contributed by atoms with Gasteiger partial charge in [0, 0.05) is 48.8 Å². The Labute approximate surface area is 106 Å². The van der Waals surface area contributed by atoms with Gasteiger partial charge < -0.3 is 10.4 Å². The van der Waals surface area contributed by atoms with E-state index in [-0.39, 0.29) is 0 Å². The van der Waals surface area contributed by atoms with Crippen molar-refractivity contribution in [2.24, 2.45) is 0 Å². The van der Waals surface area contributed by atoms with Crippen molar-refractivity contribution in [3.8, 4) is 0 Å². The van der Waals surface area contributed by atoms with Gasteiger partial charge in [0.15, 0.2) is 0 Å². The van der Waals surface area contributed by atoms with Crippen LogP contribution >= 0.6 is 0 Å². The normalized spacial score (nSPS) is 27.1. The highest BCUT2D eigenvalue weighted by Crippen LogP contribution is 2.23. The van der Waals surface area contributed by atoms with Gasteiger partial charge in [-0.25, -0.2) is 0 Å². The smallest absolute Gasteiger partial charge is 0.0782 e. The Balaban J connectivity index is 1.68. The Morgan fingerprint density at radius 2 is 1.94 bits per heavy atom. The second-order valence-electron chi connectivity index (χ2n) is 5.16. The Bertz CT molecular complexity index is 251. The van der Waals surface area contributed by atoms with Gasteiger partial charge in [-0.15, -0.1) is 0 Å². The van der Waals surface area contributed by atoms with Crippen LogP contribution in [0.1, 0.15) is 25.7 Å². The van der Waals surface area contributed by atoms with E-state index in [2.05, 4.69) is 10.2 Å². The monoisotopic (exact) mass is 260 g/mol. The summed E-state index contributed by atoms with van der Waals surface area (Å²) in [5.41, 5.74) is 0. The summed E-state index contributed by atoms with van der Waals surface area (Å²) in [6.07, 6.45) is 4.18. The van der Waals surface area contributed by atoms with Crippen LogP contribution in [0.3, 0.4) is 0 Å². The molecule has 0 aromatic heterocycles. The molecule has 17 heavy (non-hydrogen) atoms. The molecule has 0 aromatic rings. The number of piperazine rings is 1. The molecule has 2 aliphatic rings. The molecule has 0 spiro atoms. The highest BCUT2D eigenvalue weighted by Gasteiger charge is 2.24. The van der Waals surface area contributed by atoms with Crippen LogP contribution in [0.25, 0.3) is 0 Å². The molecule has 1 heterocycles. The van der Waals surface area contributed by atoms with Crippen LogP contribution in [-0.2, 0) is 10.8 Å². The van der Waals surface area contributed by atoms with E-state index in [9.17, 15) is 9.32 Å². The molecular weight excluding hydrogens is 236 g/mol. The topological polar surface area (TPSA) is 52.6 Å². The summed E-state index contributed by atoms with van der Waals surface area (Å²) in [6.45, 7) is 4.66. The third kappa shape index (κ3) is 4.32. The van der Waals surface area contributed by atoms with Crippen molar-refractivity contribution in [3.05, 3.63) is 0 Å². The molecule has 1 saturated heterocycles. The van der Waals surface area contributed by atoms with Gasteiger partial charge in [0.2, 0.25) is 0 Å². The zero-order valence-electron chi connectivity index (χ0n) is 10.4. The quantitative estimate of drug-likeness (QED) is 0.727. The van der Waals surface area contributed by atoms with Crippen molar-refractivity contribution in [1.29, 1.82) is 0 Å². The maximum atomic E-state index is 12.0.